The fraction of sp³-hybridized carbons (Fsp3) is 0.500. The first-order chi connectivity index (χ1) is 7.29. The molecule has 5 heteroatoms. The predicted octanol–water partition coefficient (Wildman–Crippen LogP) is 1.01. The van der Waals surface area contributed by atoms with Gasteiger partial charge >= 0.3 is 0 Å². The number of rotatable bonds is 6. The molecule has 0 fully saturated rings. The molecule has 0 aliphatic carbocycles. The van der Waals surface area contributed by atoms with Gasteiger partial charge in [-0.05, 0) is 25.0 Å². The molecule has 0 radical (unpaired) electrons. The van der Waals surface area contributed by atoms with Gasteiger partial charge in [-0.3, -0.25) is 0 Å². The van der Waals surface area contributed by atoms with Crippen molar-refractivity contribution in [1.29, 1.82) is 0 Å². The number of aryl methyl sites for hydroxylation is 1. The maximum Gasteiger partial charge on any atom is 0.186 e. The fourth-order valence-electron chi connectivity index (χ4n) is 1.42. The molecule has 0 aromatic carbocycles. The molecule has 0 bridgehead atoms. The molecule has 0 unspecified atom stereocenters. The third kappa shape index (κ3) is 3.28. The van der Waals surface area contributed by atoms with Gasteiger partial charge in [0.25, 0.3) is 0 Å². The molecule has 0 aliphatic heterocycles. The average Bonchev–Trinajstić information content (AvgIpc) is 2.71. The Kier molecular flexibility index (Phi) is 4.70. The third-order valence-electron chi connectivity index (χ3n) is 2.20. The Balaban J connectivity index is 2.50. The molecule has 0 spiro atoms. The summed E-state index contributed by atoms with van der Waals surface area (Å²) in [6, 6.07) is 3.70. The highest BCUT2D eigenvalue weighted by molar-refractivity contribution is 5.95. The van der Waals surface area contributed by atoms with Crippen molar-refractivity contribution in [2.45, 2.75) is 19.4 Å². The smallest absolute Gasteiger partial charge is 0.186 e. The Bertz CT molecular complexity index is 320. The number of hydrogen-bond acceptors (Lipinski definition) is 3. The minimum absolute atomic E-state index is 0.145. The number of amidine groups is 1. The molecule has 1 aromatic rings. The molecule has 1 rings (SSSR count). The normalized spacial score (nSPS) is 11.9. The van der Waals surface area contributed by atoms with Gasteiger partial charge in [-0.25, -0.2) is 0 Å². The lowest BCUT2D eigenvalue weighted by atomic mass is 10.3. The summed E-state index contributed by atoms with van der Waals surface area (Å²) in [5.74, 6) is 0.145. The van der Waals surface area contributed by atoms with Crippen LogP contribution in [0.4, 0.5) is 0 Å². The molecule has 0 amide bonds. The molecule has 0 aliphatic rings. The van der Waals surface area contributed by atoms with Crippen molar-refractivity contribution in [3.8, 4) is 0 Å². The van der Waals surface area contributed by atoms with Crippen LogP contribution in [0.25, 0.3) is 0 Å². The molecule has 0 atom stereocenters. The number of methoxy groups -OCH3 is 1. The summed E-state index contributed by atoms with van der Waals surface area (Å²) in [6.07, 6.45) is 3.93. The van der Waals surface area contributed by atoms with Crippen molar-refractivity contribution < 1.29 is 9.94 Å². The van der Waals surface area contributed by atoms with Gasteiger partial charge in [-0.1, -0.05) is 5.16 Å². The predicted molar refractivity (Wildman–Crippen MR) is 58.1 cm³/mol. The Morgan fingerprint density at radius 3 is 3.07 bits per heavy atom. The lowest BCUT2D eigenvalue weighted by molar-refractivity contribution is 0.191. The van der Waals surface area contributed by atoms with E-state index < -0.39 is 0 Å². The molecule has 84 valence electrons. The van der Waals surface area contributed by atoms with E-state index in [0.29, 0.717) is 0 Å². The van der Waals surface area contributed by atoms with Crippen molar-refractivity contribution in [2.24, 2.45) is 10.9 Å². The van der Waals surface area contributed by atoms with Gasteiger partial charge < -0.3 is 20.2 Å². The number of nitrogens with two attached hydrogens (primary N) is 1. The van der Waals surface area contributed by atoms with Gasteiger partial charge in [0, 0.05) is 26.5 Å². The fourth-order valence-corrected chi connectivity index (χ4v) is 1.42. The number of unbranched alkanes of at least 4 members (excludes halogenated alkanes) is 1. The monoisotopic (exact) mass is 211 g/mol. The second kappa shape index (κ2) is 6.08. The van der Waals surface area contributed by atoms with Crippen LogP contribution in [0.1, 0.15) is 18.5 Å². The van der Waals surface area contributed by atoms with Gasteiger partial charge in [-0.15, -0.1) is 0 Å². The van der Waals surface area contributed by atoms with E-state index in [4.69, 9.17) is 15.7 Å². The van der Waals surface area contributed by atoms with Crippen LogP contribution in [0, 0.1) is 0 Å². The summed E-state index contributed by atoms with van der Waals surface area (Å²) < 4.78 is 6.93. The van der Waals surface area contributed by atoms with Gasteiger partial charge in [0.15, 0.2) is 5.84 Å². The molecular formula is C10H17N3O2. The summed E-state index contributed by atoms with van der Waals surface area (Å²) in [4.78, 5) is 0. The highest BCUT2D eigenvalue weighted by Gasteiger charge is 2.04. The molecule has 0 saturated carbocycles. The van der Waals surface area contributed by atoms with Crippen molar-refractivity contribution >= 4 is 5.84 Å². The van der Waals surface area contributed by atoms with E-state index in [1.54, 1.807) is 7.11 Å². The molecule has 5 nitrogen and oxygen atoms in total. The van der Waals surface area contributed by atoms with E-state index in [1.807, 2.05) is 22.9 Å². The molecule has 0 saturated heterocycles. The maximum absolute atomic E-state index is 8.57. The molecule has 1 heterocycles. The summed E-state index contributed by atoms with van der Waals surface area (Å²) in [5.41, 5.74) is 6.27. The zero-order valence-corrected chi connectivity index (χ0v) is 8.89. The summed E-state index contributed by atoms with van der Waals surface area (Å²) in [7, 11) is 1.69. The first-order valence-corrected chi connectivity index (χ1v) is 4.91. The van der Waals surface area contributed by atoms with Crippen LogP contribution in [0.15, 0.2) is 23.5 Å². The van der Waals surface area contributed by atoms with Crippen LogP contribution in [0.5, 0.6) is 0 Å². The molecule has 1 aromatic heterocycles. The van der Waals surface area contributed by atoms with Crippen molar-refractivity contribution in [2.75, 3.05) is 13.7 Å². The van der Waals surface area contributed by atoms with Gasteiger partial charge in [0.1, 0.15) is 0 Å². The van der Waals surface area contributed by atoms with E-state index in [2.05, 4.69) is 5.16 Å². The minimum atomic E-state index is 0.145. The first-order valence-electron chi connectivity index (χ1n) is 4.91. The van der Waals surface area contributed by atoms with Crippen molar-refractivity contribution in [1.82, 2.24) is 4.57 Å². The van der Waals surface area contributed by atoms with Crippen LogP contribution in [0.2, 0.25) is 0 Å². The summed E-state index contributed by atoms with van der Waals surface area (Å²) in [5, 5.41) is 11.6. The van der Waals surface area contributed by atoms with Gasteiger partial charge in [0.05, 0.1) is 5.69 Å². The lowest BCUT2D eigenvalue weighted by Gasteiger charge is -2.07. The second-order valence-electron chi connectivity index (χ2n) is 3.27. The number of aromatic nitrogens is 1. The Morgan fingerprint density at radius 1 is 1.60 bits per heavy atom. The lowest BCUT2D eigenvalue weighted by Crippen LogP contribution is -2.18. The maximum atomic E-state index is 8.57. The number of ether oxygens (including phenoxy) is 1. The van der Waals surface area contributed by atoms with E-state index in [-0.39, 0.29) is 5.84 Å². The summed E-state index contributed by atoms with van der Waals surface area (Å²) >= 11 is 0. The van der Waals surface area contributed by atoms with Crippen LogP contribution in [0.3, 0.4) is 0 Å². The summed E-state index contributed by atoms with van der Waals surface area (Å²) in [6.45, 7) is 1.61. The third-order valence-corrected chi connectivity index (χ3v) is 2.20. The van der Waals surface area contributed by atoms with E-state index >= 15 is 0 Å². The van der Waals surface area contributed by atoms with Gasteiger partial charge in [0.2, 0.25) is 0 Å². The number of hydrogen-bond donors (Lipinski definition) is 2. The van der Waals surface area contributed by atoms with Crippen molar-refractivity contribution in [3.63, 3.8) is 0 Å². The van der Waals surface area contributed by atoms with Crippen LogP contribution in [-0.4, -0.2) is 29.3 Å². The molecule has 15 heavy (non-hydrogen) atoms. The van der Waals surface area contributed by atoms with E-state index in [1.165, 1.54) is 0 Å². The van der Waals surface area contributed by atoms with E-state index in [0.717, 1.165) is 31.7 Å². The average molecular weight is 211 g/mol. The highest BCUT2D eigenvalue weighted by atomic mass is 16.5. The number of oxime groups is 1. The van der Waals surface area contributed by atoms with Crippen LogP contribution < -0.4 is 5.73 Å². The quantitative estimate of drug-likeness (QED) is 0.242. The second-order valence-corrected chi connectivity index (χ2v) is 3.27. The standard InChI is InChI=1S/C10H17N3O2/c1-15-8-3-2-6-13-7-4-5-9(13)10(11)12-14/h4-5,7,14H,2-3,6,8H2,1H3,(H2,11,12). The van der Waals surface area contributed by atoms with Gasteiger partial charge in [-0.2, -0.15) is 0 Å². The van der Waals surface area contributed by atoms with E-state index in [9.17, 15) is 0 Å². The molecule has 3 N–H and O–H groups in total. The Hall–Kier alpha value is -1.49. The SMILES string of the molecule is COCCCCn1cccc1/C(N)=N/O. The zero-order valence-electron chi connectivity index (χ0n) is 8.89. The highest BCUT2D eigenvalue weighted by Crippen LogP contribution is 2.04. The molecular weight excluding hydrogens is 194 g/mol. The topological polar surface area (TPSA) is 72.8 Å². The Labute approximate surface area is 89.1 Å². The minimum Gasteiger partial charge on any atom is -0.409 e. The van der Waals surface area contributed by atoms with Crippen LogP contribution in [-0.2, 0) is 11.3 Å². The first kappa shape index (κ1) is 11.6. The zero-order chi connectivity index (χ0) is 11.1. The van der Waals surface area contributed by atoms with Crippen LogP contribution >= 0.6 is 0 Å². The number of nitrogens with zero attached hydrogens (tertiary/aromatic N) is 2. The largest absolute Gasteiger partial charge is 0.409 e. The Morgan fingerprint density at radius 2 is 2.40 bits per heavy atom. The van der Waals surface area contributed by atoms with Crippen molar-refractivity contribution in [3.05, 3.63) is 24.0 Å².